The number of thiazole rings is 1. The molecule has 4 nitrogen and oxygen atoms in total. The van der Waals surface area contributed by atoms with Crippen molar-refractivity contribution >= 4 is 17.3 Å². The molecule has 0 aromatic carbocycles. The maximum Gasteiger partial charge on any atom is 0.203 e. The quantitative estimate of drug-likeness (QED) is 0.903. The maximum absolute atomic E-state index is 4.41. The molecule has 0 radical (unpaired) electrons. The van der Waals surface area contributed by atoms with E-state index in [-0.39, 0.29) is 6.04 Å². The summed E-state index contributed by atoms with van der Waals surface area (Å²) in [6.45, 7) is 4.21. The lowest BCUT2D eigenvalue weighted by molar-refractivity contribution is 0.726. The Bertz CT molecular complexity index is 512. The Hall–Kier alpha value is -1.36. The van der Waals surface area contributed by atoms with Crippen LogP contribution >= 0.6 is 11.3 Å². The third-order valence-electron chi connectivity index (χ3n) is 2.96. The first-order chi connectivity index (χ1) is 8.24. The second-order valence-corrected chi connectivity index (χ2v) is 5.83. The fourth-order valence-corrected chi connectivity index (χ4v) is 2.68. The normalized spacial score (nSPS) is 17.1. The van der Waals surface area contributed by atoms with Crippen molar-refractivity contribution < 1.29 is 0 Å². The summed E-state index contributed by atoms with van der Waals surface area (Å²) in [6.07, 6.45) is 8.39. The highest BCUT2D eigenvalue weighted by Crippen LogP contribution is 2.37. The van der Waals surface area contributed by atoms with Gasteiger partial charge in [0.1, 0.15) is 5.01 Å². The average molecular weight is 248 g/mol. The molecule has 90 valence electrons. The van der Waals surface area contributed by atoms with E-state index in [1.54, 1.807) is 11.3 Å². The molecule has 1 aliphatic rings. The van der Waals surface area contributed by atoms with Gasteiger partial charge in [-0.25, -0.2) is 9.97 Å². The molecule has 5 heteroatoms. The van der Waals surface area contributed by atoms with Crippen molar-refractivity contribution in [1.29, 1.82) is 0 Å². The van der Waals surface area contributed by atoms with Gasteiger partial charge < -0.3 is 9.88 Å². The number of nitrogens with zero attached hydrogens (tertiary/aromatic N) is 3. The standard InChI is InChI=1S/C12H16N4S/c1-8-7-14-11(17-8)9(2)15-12-13-5-6-16(12)10-3-4-10/h5-7,9-10H,3-4H2,1-2H3,(H,13,15). The van der Waals surface area contributed by atoms with E-state index in [9.17, 15) is 0 Å². The van der Waals surface area contributed by atoms with Crippen LogP contribution in [0.15, 0.2) is 18.6 Å². The Morgan fingerprint density at radius 2 is 2.29 bits per heavy atom. The number of anilines is 1. The van der Waals surface area contributed by atoms with Crippen molar-refractivity contribution in [3.05, 3.63) is 28.5 Å². The van der Waals surface area contributed by atoms with E-state index in [2.05, 4.69) is 39.9 Å². The first-order valence-corrected chi connectivity index (χ1v) is 6.77. The highest BCUT2D eigenvalue weighted by Gasteiger charge is 2.26. The van der Waals surface area contributed by atoms with Gasteiger partial charge in [-0.3, -0.25) is 0 Å². The van der Waals surface area contributed by atoms with E-state index in [1.807, 2.05) is 12.4 Å². The summed E-state index contributed by atoms with van der Waals surface area (Å²) in [7, 11) is 0. The highest BCUT2D eigenvalue weighted by atomic mass is 32.1. The van der Waals surface area contributed by atoms with E-state index in [0.717, 1.165) is 11.0 Å². The van der Waals surface area contributed by atoms with Crippen LogP contribution in [-0.2, 0) is 0 Å². The zero-order valence-electron chi connectivity index (χ0n) is 10.1. The summed E-state index contributed by atoms with van der Waals surface area (Å²) >= 11 is 1.74. The monoisotopic (exact) mass is 248 g/mol. The van der Waals surface area contributed by atoms with E-state index >= 15 is 0 Å². The van der Waals surface area contributed by atoms with Gasteiger partial charge in [-0.15, -0.1) is 11.3 Å². The van der Waals surface area contributed by atoms with Crippen LogP contribution in [0.5, 0.6) is 0 Å². The fourth-order valence-electron chi connectivity index (χ4n) is 1.90. The lowest BCUT2D eigenvalue weighted by Gasteiger charge is -2.13. The second-order valence-electron chi connectivity index (χ2n) is 4.56. The SMILES string of the molecule is Cc1cnc(C(C)Nc2nccn2C2CC2)s1. The van der Waals surface area contributed by atoms with Crippen molar-refractivity contribution in [2.45, 2.75) is 38.8 Å². The lowest BCUT2D eigenvalue weighted by atomic mass is 10.3. The predicted octanol–water partition coefficient (Wildman–Crippen LogP) is 3.16. The molecule has 2 aromatic rings. The third-order valence-corrected chi connectivity index (χ3v) is 4.06. The molecule has 1 saturated carbocycles. The Labute approximate surface area is 105 Å². The van der Waals surface area contributed by atoms with E-state index in [1.165, 1.54) is 17.7 Å². The Kier molecular flexibility index (Phi) is 2.63. The predicted molar refractivity (Wildman–Crippen MR) is 69.4 cm³/mol. The van der Waals surface area contributed by atoms with Crippen molar-refractivity contribution in [2.75, 3.05) is 5.32 Å². The van der Waals surface area contributed by atoms with Crippen LogP contribution in [0.25, 0.3) is 0 Å². The smallest absolute Gasteiger partial charge is 0.203 e. The minimum absolute atomic E-state index is 0.216. The number of nitrogens with one attached hydrogen (secondary N) is 1. The van der Waals surface area contributed by atoms with Gasteiger partial charge in [0.05, 0.1) is 6.04 Å². The van der Waals surface area contributed by atoms with Crippen molar-refractivity contribution in [3.8, 4) is 0 Å². The number of aryl methyl sites for hydroxylation is 1. The van der Waals surface area contributed by atoms with Gasteiger partial charge in [0.15, 0.2) is 0 Å². The van der Waals surface area contributed by atoms with Crippen LogP contribution in [0, 0.1) is 6.92 Å². The van der Waals surface area contributed by atoms with Gasteiger partial charge in [-0.2, -0.15) is 0 Å². The van der Waals surface area contributed by atoms with Gasteiger partial charge in [-0.05, 0) is 26.7 Å². The molecule has 2 heterocycles. The van der Waals surface area contributed by atoms with E-state index < -0.39 is 0 Å². The molecular weight excluding hydrogens is 232 g/mol. The molecule has 2 aromatic heterocycles. The van der Waals surface area contributed by atoms with Crippen molar-refractivity contribution in [1.82, 2.24) is 14.5 Å². The molecule has 0 saturated heterocycles. The Morgan fingerprint density at radius 3 is 2.94 bits per heavy atom. The second kappa shape index (κ2) is 4.14. The van der Waals surface area contributed by atoms with E-state index in [0.29, 0.717) is 6.04 Å². The van der Waals surface area contributed by atoms with Gasteiger partial charge in [0, 0.05) is 29.5 Å². The van der Waals surface area contributed by atoms with Crippen LogP contribution < -0.4 is 5.32 Å². The number of imidazole rings is 1. The van der Waals surface area contributed by atoms with Crippen molar-refractivity contribution in [3.63, 3.8) is 0 Å². The lowest BCUT2D eigenvalue weighted by Crippen LogP contribution is -2.10. The third kappa shape index (κ3) is 2.20. The number of hydrogen-bond donors (Lipinski definition) is 1. The van der Waals surface area contributed by atoms with Gasteiger partial charge >= 0.3 is 0 Å². The summed E-state index contributed by atoms with van der Waals surface area (Å²) in [5.41, 5.74) is 0. The zero-order valence-corrected chi connectivity index (χ0v) is 10.9. The van der Waals surface area contributed by atoms with Gasteiger partial charge in [0.25, 0.3) is 0 Å². The molecule has 1 atom stereocenters. The van der Waals surface area contributed by atoms with Gasteiger partial charge in [0.2, 0.25) is 5.95 Å². The van der Waals surface area contributed by atoms with Crippen LogP contribution in [0.2, 0.25) is 0 Å². The molecule has 17 heavy (non-hydrogen) atoms. The minimum Gasteiger partial charge on any atom is -0.347 e. The molecular formula is C12H16N4S. The fraction of sp³-hybridized carbons (Fsp3) is 0.500. The molecule has 0 spiro atoms. The summed E-state index contributed by atoms with van der Waals surface area (Å²) in [6, 6.07) is 0.874. The molecule has 0 amide bonds. The highest BCUT2D eigenvalue weighted by molar-refractivity contribution is 7.11. The molecule has 3 rings (SSSR count). The zero-order chi connectivity index (χ0) is 11.8. The molecule has 0 aliphatic heterocycles. The van der Waals surface area contributed by atoms with Crippen LogP contribution in [0.3, 0.4) is 0 Å². The first kappa shape index (κ1) is 10.8. The largest absolute Gasteiger partial charge is 0.347 e. The number of aromatic nitrogens is 3. The van der Waals surface area contributed by atoms with Gasteiger partial charge in [-0.1, -0.05) is 0 Å². The average Bonchev–Trinajstić information content (AvgIpc) is 2.89. The maximum atomic E-state index is 4.41. The van der Waals surface area contributed by atoms with Crippen LogP contribution in [-0.4, -0.2) is 14.5 Å². The van der Waals surface area contributed by atoms with Crippen molar-refractivity contribution in [2.24, 2.45) is 0 Å². The molecule has 1 fully saturated rings. The number of rotatable bonds is 4. The topological polar surface area (TPSA) is 42.7 Å². The summed E-state index contributed by atoms with van der Waals surface area (Å²) in [4.78, 5) is 10.0. The van der Waals surface area contributed by atoms with E-state index in [4.69, 9.17) is 0 Å². The summed E-state index contributed by atoms with van der Waals surface area (Å²) in [5, 5.41) is 4.56. The molecule has 1 unspecified atom stereocenters. The Morgan fingerprint density at radius 1 is 1.47 bits per heavy atom. The summed E-state index contributed by atoms with van der Waals surface area (Å²) in [5.74, 6) is 0.966. The molecule has 1 aliphatic carbocycles. The minimum atomic E-state index is 0.216. The number of hydrogen-bond acceptors (Lipinski definition) is 4. The van der Waals surface area contributed by atoms with Crippen LogP contribution in [0.4, 0.5) is 5.95 Å². The van der Waals surface area contributed by atoms with Crippen LogP contribution in [0.1, 0.15) is 41.7 Å². The molecule has 1 N–H and O–H groups in total. The summed E-state index contributed by atoms with van der Waals surface area (Å²) < 4.78 is 2.23. The molecule has 0 bridgehead atoms. The first-order valence-electron chi connectivity index (χ1n) is 5.96. The Balaban J connectivity index is 1.75.